The van der Waals surface area contributed by atoms with Gasteiger partial charge in [-0.15, -0.1) is 0 Å². The van der Waals surface area contributed by atoms with Crippen LogP contribution in [0.4, 0.5) is 10.6 Å². The van der Waals surface area contributed by atoms with E-state index < -0.39 is 12.1 Å². The monoisotopic (exact) mass is 390 g/mol. The number of benzene rings is 2. The van der Waals surface area contributed by atoms with Gasteiger partial charge in [-0.05, 0) is 23.0 Å². The van der Waals surface area contributed by atoms with Crippen LogP contribution in [0.2, 0.25) is 0 Å². The molecular weight excluding hydrogens is 364 g/mol. The maximum atomic E-state index is 12.7. The molecule has 3 aromatic rings. The Labute approximate surface area is 170 Å². The van der Waals surface area contributed by atoms with Crippen LogP contribution in [0.3, 0.4) is 0 Å². The number of carbonyl (C=O) groups excluding carboxylic acids is 1. The first-order valence-electron chi connectivity index (χ1n) is 9.79. The average Bonchev–Trinajstić information content (AvgIpc) is 3.06. The molecule has 0 saturated heterocycles. The summed E-state index contributed by atoms with van der Waals surface area (Å²) in [6.45, 7) is 4.23. The summed E-state index contributed by atoms with van der Waals surface area (Å²) >= 11 is 0. The Morgan fingerprint density at radius 3 is 2.59 bits per heavy atom. The Hall–Kier alpha value is -3.12. The molecular formula is C23H26N4O2. The molecule has 1 heterocycles. The van der Waals surface area contributed by atoms with Gasteiger partial charge in [0, 0.05) is 18.7 Å². The van der Waals surface area contributed by atoms with Crippen LogP contribution in [0.15, 0.2) is 60.7 Å². The van der Waals surface area contributed by atoms with Crippen molar-refractivity contribution in [3.05, 3.63) is 71.8 Å². The van der Waals surface area contributed by atoms with Gasteiger partial charge in [-0.2, -0.15) is 5.10 Å². The van der Waals surface area contributed by atoms with Crippen molar-refractivity contribution in [3.63, 3.8) is 0 Å². The second-order valence-electron chi connectivity index (χ2n) is 8.22. The quantitative estimate of drug-likeness (QED) is 0.633. The van der Waals surface area contributed by atoms with Gasteiger partial charge in [-0.25, -0.2) is 4.79 Å². The summed E-state index contributed by atoms with van der Waals surface area (Å²) in [7, 11) is 1.79. The SMILES string of the molecule is Cn1nc(-c2ccccc2)cc1NC(=O)NC1c2ccccc2C(C)(C)CC1O. The predicted octanol–water partition coefficient (Wildman–Crippen LogP) is 3.99. The first kappa shape index (κ1) is 19.2. The summed E-state index contributed by atoms with van der Waals surface area (Å²) in [6.07, 6.45) is -0.0733. The minimum Gasteiger partial charge on any atom is -0.391 e. The zero-order valence-electron chi connectivity index (χ0n) is 16.9. The number of aromatic nitrogens is 2. The molecule has 1 aliphatic rings. The number of rotatable bonds is 3. The molecule has 150 valence electrons. The van der Waals surface area contributed by atoms with E-state index >= 15 is 0 Å². The minimum absolute atomic E-state index is 0.142. The summed E-state index contributed by atoms with van der Waals surface area (Å²) in [6, 6.07) is 18.8. The average molecular weight is 390 g/mol. The van der Waals surface area contributed by atoms with Gasteiger partial charge in [-0.3, -0.25) is 10.00 Å². The van der Waals surface area contributed by atoms with E-state index in [1.807, 2.05) is 54.6 Å². The van der Waals surface area contributed by atoms with Crippen LogP contribution >= 0.6 is 0 Å². The van der Waals surface area contributed by atoms with Gasteiger partial charge in [-0.1, -0.05) is 68.4 Å². The molecule has 6 nitrogen and oxygen atoms in total. The number of urea groups is 1. The Bertz CT molecular complexity index is 1030. The zero-order chi connectivity index (χ0) is 20.6. The molecule has 0 radical (unpaired) electrons. The van der Waals surface area contributed by atoms with E-state index in [0.717, 1.165) is 22.4 Å². The van der Waals surface area contributed by atoms with Gasteiger partial charge < -0.3 is 10.4 Å². The minimum atomic E-state index is -0.655. The summed E-state index contributed by atoms with van der Waals surface area (Å²) in [5, 5.41) is 21.0. The Kier molecular flexibility index (Phi) is 4.88. The fourth-order valence-corrected chi connectivity index (χ4v) is 4.14. The number of fused-ring (bicyclic) bond motifs is 1. The van der Waals surface area contributed by atoms with Crippen LogP contribution in [0.25, 0.3) is 11.3 Å². The van der Waals surface area contributed by atoms with E-state index in [9.17, 15) is 9.90 Å². The lowest BCUT2D eigenvalue weighted by Crippen LogP contribution is -2.45. The fraction of sp³-hybridized carbons (Fsp3) is 0.304. The van der Waals surface area contributed by atoms with Crippen LogP contribution in [-0.4, -0.2) is 27.0 Å². The van der Waals surface area contributed by atoms with Crippen LogP contribution in [0.5, 0.6) is 0 Å². The maximum absolute atomic E-state index is 12.7. The third-order valence-corrected chi connectivity index (χ3v) is 5.61. The number of aryl methyl sites for hydroxylation is 1. The topological polar surface area (TPSA) is 79.2 Å². The molecule has 2 atom stereocenters. The molecule has 2 amide bonds. The van der Waals surface area contributed by atoms with Crippen molar-refractivity contribution < 1.29 is 9.90 Å². The first-order chi connectivity index (χ1) is 13.8. The smallest absolute Gasteiger partial charge is 0.320 e. The van der Waals surface area contributed by atoms with Crippen molar-refractivity contribution in [3.8, 4) is 11.3 Å². The van der Waals surface area contributed by atoms with E-state index in [4.69, 9.17) is 0 Å². The van der Waals surface area contributed by atoms with Gasteiger partial charge in [0.15, 0.2) is 0 Å². The summed E-state index contributed by atoms with van der Waals surface area (Å²) < 4.78 is 1.64. The van der Waals surface area contributed by atoms with E-state index in [1.54, 1.807) is 11.7 Å². The maximum Gasteiger partial charge on any atom is 0.320 e. The summed E-state index contributed by atoms with van der Waals surface area (Å²) in [5.41, 5.74) is 3.74. The van der Waals surface area contributed by atoms with Gasteiger partial charge in [0.05, 0.1) is 17.8 Å². The molecule has 2 unspecified atom stereocenters. The molecule has 0 spiro atoms. The van der Waals surface area contributed by atoms with E-state index in [2.05, 4.69) is 35.6 Å². The molecule has 0 fully saturated rings. The largest absolute Gasteiger partial charge is 0.391 e. The second kappa shape index (κ2) is 7.37. The van der Waals surface area contributed by atoms with Crippen LogP contribution < -0.4 is 10.6 Å². The summed E-state index contributed by atoms with van der Waals surface area (Å²) in [5.74, 6) is 0.584. The number of hydrogen-bond donors (Lipinski definition) is 3. The van der Waals surface area contributed by atoms with Crippen LogP contribution in [0, 0.1) is 0 Å². The van der Waals surface area contributed by atoms with Gasteiger partial charge in [0.25, 0.3) is 0 Å². The third-order valence-electron chi connectivity index (χ3n) is 5.61. The predicted molar refractivity (Wildman–Crippen MR) is 114 cm³/mol. The number of aliphatic hydroxyl groups is 1. The molecule has 1 aromatic heterocycles. The number of nitrogens with zero attached hydrogens (tertiary/aromatic N) is 2. The Morgan fingerprint density at radius 1 is 1.14 bits per heavy atom. The highest BCUT2D eigenvalue weighted by Gasteiger charge is 2.39. The van der Waals surface area contributed by atoms with Crippen LogP contribution in [0.1, 0.15) is 37.4 Å². The lowest BCUT2D eigenvalue weighted by Gasteiger charge is -2.40. The fourth-order valence-electron chi connectivity index (χ4n) is 4.14. The van der Waals surface area contributed by atoms with Crippen molar-refractivity contribution >= 4 is 11.8 Å². The second-order valence-corrected chi connectivity index (χ2v) is 8.22. The number of hydrogen-bond acceptors (Lipinski definition) is 3. The van der Waals surface area contributed by atoms with E-state index in [0.29, 0.717) is 12.2 Å². The number of anilines is 1. The summed E-state index contributed by atoms with van der Waals surface area (Å²) in [4.78, 5) is 12.7. The molecule has 4 rings (SSSR count). The van der Waals surface area contributed by atoms with Crippen molar-refractivity contribution in [1.82, 2.24) is 15.1 Å². The lowest BCUT2D eigenvalue weighted by atomic mass is 9.70. The van der Waals surface area contributed by atoms with Crippen molar-refractivity contribution in [1.29, 1.82) is 0 Å². The molecule has 29 heavy (non-hydrogen) atoms. The highest BCUT2D eigenvalue weighted by molar-refractivity contribution is 5.89. The first-order valence-corrected chi connectivity index (χ1v) is 9.79. The van der Waals surface area contributed by atoms with Gasteiger partial charge in [0.2, 0.25) is 0 Å². The Balaban J connectivity index is 1.53. The van der Waals surface area contributed by atoms with Crippen molar-refractivity contribution in [2.45, 2.75) is 37.8 Å². The molecule has 2 aromatic carbocycles. The van der Waals surface area contributed by atoms with Crippen molar-refractivity contribution in [2.24, 2.45) is 7.05 Å². The molecule has 3 N–H and O–H groups in total. The highest BCUT2D eigenvalue weighted by Crippen LogP contribution is 2.41. The van der Waals surface area contributed by atoms with Crippen molar-refractivity contribution in [2.75, 3.05) is 5.32 Å². The molecule has 0 bridgehead atoms. The number of carbonyl (C=O) groups is 1. The molecule has 6 heteroatoms. The van der Waals surface area contributed by atoms with Crippen LogP contribution in [-0.2, 0) is 12.5 Å². The molecule has 0 aliphatic heterocycles. The van der Waals surface area contributed by atoms with Gasteiger partial charge >= 0.3 is 6.03 Å². The normalized spacial score (nSPS) is 20.0. The zero-order valence-corrected chi connectivity index (χ0v) is 16.9. The van der Waals surface area contributed by atoms with E-state index in [1.165, 1.54) is 0 Å². The number of nitrogens with one attached hydrogen (secondary N) is 2. The molecule has 0 saturated carbocycles. The lowest BCUT2D eigenvalue weighted by molar-refractivity contribution is 0.0883. The standard InChI is InChI=1S/C23H26N4O2/c1-23(2)14-19(28)21(16-11-7-8-12-17(16)23)25-22(29)24-20-13-18(26-27(20)3)15-9-5-4-6-10-15/h4-13,19,21,28H,14H2,1-3H3,(H2,24,25,29). The number of amides is 2. The van der Waals surface area contributed by atoms with E-state index in [-0.39, 0.29) is 11.4 Å². The Morgan fingerprint density at radius 2 is 1.83 bits per heavy atom. The third kappa shape index (κ3) is 3.76. The highest BCUT2D eigenvalue weighted by atomic mass is 16.3. The molecule has 1 aliphatic carbocycles. The van der Waals surface area contributed by atoms with Gasteiger partial charge in [0.1, 0.15) is 5.82 Å². The number of aliphatic hydroxyl groups excluding tert-OH is 1.